The lowest BCUT2D eigenvalue weighted by Crippen LogP contribution is -2.28. The highest BCUT2D eigenvalue weighted by Gasteiger charge is 2.19. The number of rotatable bonds is 3. The van der Waals surface area contributed by atoms with Gasteiger partial charge in [0.2, 0.25) is 0 Å². The van der Waals surface area contributed by atoms with Crippen LogP contribution in [0.2, 0.25) is 0 Å². The van der Waals surface area contributed by atoms with Crippen LogP contribution in [0.4, 0.5) is 0 Å². The molecule has 0 aliphatic heterocycles. The summed E-state index contributed by atoms with van der Waals surface area (Å²) in [5.41, 5.74) is 5.85. The molecule has 2 heteroatoms. The van der Waals surface area contributed by atoms with E-state index in [-0.39, 0.29) is 0 Å². The lowest BCUT2D eigenvalue weighted by atomic mass is 9.96. The molecule has 0 heterocycles. The minimum Gasteiger partial charge on any atom is -0.328 e. The van der Waals surface area contributed by atoms with E-state index in [2.05, 4.69) is 25.6 Å². The average Bonchev–Trinajstić information content (AvgIpc) is 2.09. The number of nitrogens with two attached hydrogens (primary N) is 1. The van der Waals surface area contributed by atoms with Gasteiger partial charge in [0, 0.05) is 16.5 Å². The second-order valence-electron chi connectivity index (χ2n) is 3.89. The summed E-state index contributed by atoms with van der Waals surface area (Å²) in [7, 11) is 0. The molecule has 0 aromatic carbocycles. The fourth-order valence-electron chi connectivity index (χ4n) is 1.65. The summed E-state index contributed by atoms with van der Waals surface area (Å²) in [4.78, 5) is 0. The molecule has 72 valence electrons. The van der Waals surface area contributed by atoms with E-state index in [1.807, 2.05) is 0 Å². The zero-order valence-corrected chi connectivity index (χ0v) is 9.07. The Morgan fingerprint density at radius 1 is 1.33 bits per heavy atom. The van der Waals surface area contributed by atoms with Gasteiger partial charge in [-0.15, -0.1) is 0 Å². The van der Waals surface area contributed by atoms with Crippen LogP contribution in [0, 0.1) is 0 Å². The number of hydrogen-bond donors (Lipinski definition) is 1. The minimum atomic E-state index is 0.499. The molecule has 1 unspecified atom stereocenters. The molecule has 1 saturated carbocycles. The van der Waals surface area contributed by atoms with Gasteiger partial charge < -0.3 is 5.73 Å². The highest BCUT2D eigenvalue weighted by molar-refractivity contribution is 8.00. The maximum Gasteiger partial charge on any atom is 0.00508 e. The quantitative estimate of drug-likeness (QED) is 0.735. The molecule has 0 aromatic rings. The van der Waals surface area contributed by atoms with Crippen LogP contribution in [-0.2, 0) is 0 Å². The molecule has 1 aliphatic rings. The first kappa shape index (κ1) is 10.4. The molecular formula is C10H21NS. The van der Waals surface area contributed by atoms with E-state index in [1.54, 1.807) is 0 Å². The fraction of sp³-hybridized carbons (Fsp3) is 1.00. The Hall–Kier alpha value is 0.310. The van der Waals surface area contributed by atoms with Crippen molar-refractivity contribution < 1.29 is 0 Å². The summed E-state index contributed by atoms with van der Waals surface area (Å²) in [5, 5.41) is 1.74. The highest BCUT2D eigenvalue weighted by atomic mass is 32.2. The normalized spacial score (nSPS) is 33.2. The first-order valence-corrected chi connectivity index (χ1v) is 6.07. The Labute approximate surface area is 80.5 Å². The molecule has 1 nitrogen and oxygen atoms in total. The smallest absolute Gasteiger partial charge is 0.00508 e. The molecule has 0 amide bonds. The summed E-state index contributed by atoms with van der Waals surface area (Å²) >= 11 is 2.17. The van der Waals surface area contributed by atoms with Gasteiger partial charge >= 0.3 is 0 Å². The predicted octanol–water partition coefficient (Wildman–Crippen LogP) is 2.79. The monoisotopic (exact) mass is 187 g/mol. The van der Waals surface area contributed by atoms with Gasteiger partial charge in [-0.1, -0.05) is 13.8 Å². The van der Waals surface area contributed by atoms with Crippen LogP contribution in [0.15, 0.2) is 0 Å². The Morgan fingerprint density at radius 2 is 1.92 bits per heavy atom. The summed E-state index contributed by atoms with van der Waals surface area (Å²) in [5.74, 6) is 0. The molecule has 1 aliphatic carbocycles. The lowest BCUT2D eigenvalue weighted by molar-refractivity contribution is 0.450. The first-order chi connectivity index (χ1) is 5.72. The molecule has 0 bridgehead atoms. The molecule has 0 radical (unpaired) electrons. The molecule has 1 atom stereocenters. The Morgan fingerprint density at radius 3 is 2.42 bits per heavy atom. The number of hydrogen-bond acceptors (Lipinski definition) is 2. The molecule has 2 N–H and O–H groups in total. The van der Waals surface area contributed by atoms with E-state index in [9.17, 15) is 0 Å². The van der Waals surface area contributed by atoms with E-state index in [0.717, 1.165) is 10.5 Å². The third-order valence-corrected chi connectivity index (χ3v) is 4.37. The van der Waals surface area contributed by atoms with Crippen molar-refractivity contribution >= 4 is 11.8 Å². The van der Waals surface area contributed by atoms with Crippen LogP contribution in [0.3, 0.4) is 0 Å². The van der Waals surface area contributed by atoms with Crippen LogP contribution >= 0.6 is 11.8 Å². The molecule has 0 spiro atoms. The second kappa shape index (κ2) is 5.13. The highest BCUT2D eigenvalue weighted by Crippen LogP contribution is 2.31. The largest absolute Gasteiger partial charge is 0.328 e. The summed E-state index contributed by atoms with van der Waals surface area (Å²) in [6, 6.07) is 0.499. The number of thioether (sulfide) groups is 1. The molecule has 1 rings (SSSR count). The van der Waals surface area contributed by atoms with Crippen molar-refractivity contribution in [1.29, 1.82) is 0 Å². The Bertz CT molecular complexity index is 119. The van der Waals surface area contributed by atoms with Crippen molar-refractivity contribution in [3.05, 3.63) is 0 Å². The lowest BCUT2D eigenvalue weighted by Gasteiger charge is -2.27. The molecule has 0 aromatic heterocycles. The molecule has 1 fully saturated rings. The Kier molecular flexibility index (Phi) is 4.44. The fourth-order valence-corrected chi connectivity index (χ4v) is 3.04. The minimum absolute atomic E-state index is 0.499. The molecule has 12 heavy (non-hydrogen) atoms. The van der Waals surface area contributed by atoms with Crippen molar-refractivity contribution in [3.63, 3.8) is 0 Å². The van der Waals surface area contributed by atoms with Gasteiger partial charge in [0.05, 0.1) is 0 Å². The van der Waals surface area contributed by atoms with Crippen LogP contribution < -0.4 is 5.73 Å². The van der Waals surface area contributed by atoms with Crippen LogP contribution in [0.25, 0.3) is 0 Å². The SMILES string of the molecule is CCC(C)SC1CCC(N)CC1. The molecule has 0 saturated heterocycles. The Balaban J connectivity index is 2.17. The van der Waals surface area contributed by atoms with Crippen molar-refractivity contribution in [3.8, 4) is 0 Å². The summed E-state index contributed by atoms with van der Waals surface area (Å²) in [6.45, 7) is 4.60. The van der Waals surface area contributed by atoms with E-state index in [1.165, 1.54) is 32.1 Å². The topological polar surface area (TPSA) is 26.0 Å². The van der Waals surface area contributed by atoms with Gasteiger partial charge in [-0.25, -0.2) is 0 Å². The summed E-state index contributed by atoms with van der Waals surface area (Å²) in [6.07, 6.45) is 6.47. The van der Waals surface area contributed by atoms with Gasteiger partial charge in [0.15, 0.2) is 0 Å². The van der Waals surface area contributed by atoms with Gasteiger partial charge in [-0.05, 0) is 32.1 Å². The third kappa shape index (κ3) is 3.36. The zero-order chi connectivity index (χ0) is 8.97. The van der Waals surface area contributed by atoms with E-state index < -0.39 is 0 Å². The third-order valence-electron chi connectivity index (χ3n) is 2.72. The summed E-state index contributed by atoms with van der Waals surface area (Å²) < 4.78 is 0. The van der Waals surface area contributed by atoms with Crippen molar-refractivity contribution in [2.75, 3.05) is 0 Å². The zero-order valence-electron chi connectivity index (χ0n) is 8.25. The first-order valence-electron chi connectivity index (χ1n) is 5.13. The van der Waals surface area contributed by atoms with Gasteiger partial charge in [-0.2, -0.15) is 11.8 Å². The van der Waals surface area contributed by atoms with Gasteiger partial charge in [-0.3, -0.25) is 0 Å². The van der Waals surface area contributed by atoms with Crippen molar-refractivity contribution in [1.82, 2.24) is 0 Å². The van der Waals surface area contributed by atoms with Gasteiger partial charge in [0.1, 0.15) is 0 Å². The van der Waals surface area contributed by atoms with Crippen molar-refractivity contribution in [2.24, 2.45) is 5.73 Å². The standard InChI is InChI=1S/C10H21NS/c1-3-8(2)12-10-6-4-9(11)5-7-10/h8-10H,3-7,11H2,1-2H3. The maximum absolute atomic E-state index is 5.85. The van der Waals surface area contributed by atoms with Crippen LogP contribution in [0.1, 0.15) is 46.0 Å². The van der Waals surface area contributed by atoms with E-state index in [0.29, 0.717) is 6.04 Å². The maximum atomic E-state index is 5.85. The second-order valence-corrected chi connectivity index (χ2v) is 5.64. The van der Waals surface area contributed by atoms with Gasteiger partial charge in [0.25, 0.3) is 0 Å². The van der Waals surface area contributed by atoms with Crippen LogP contribution in [-0.4, -0.2) is 16.5 Å². The predicted molar refractivity (Wildman–Crippen MR) is 57.6 cm³/mol. The van der Waals surface area contributed by atoms with E-state index >= 15 is 0 Å². The van der Waals surface area contributed by atoms with Crippen LogP contribution in [0.5, 0.6) is 0 Å². The average molecular weight is 187 g/mol. The molecular weight excluding hydrogens is 166 g/mol. The van der Waals surface area contributed by atoms with Crippen molar-refractivity contribution in [2.45, 2.75) is 62.5 Å². The van der Waals surface area contributed by atoms with E-state index in [4.69, 9.17) is 5.73 Å².